The van der Waals surface area contributed by atoms with E-state index in [0.29, 0.717) is 40.1 Å². The van der Waals surface area contributed by atoms with Gasteiger partial charge in [0.25, 0.3) is 0 Å². The van der Waals surface area contributed by atoms with E-state index in [1.807, 2.05) is 25.1 Å². The minimum absolute atomic E-state index is 0.195. The molecule has 6 heteroatoms. The Morgan fingerprint density at radius 1 is 1.03 bits per heavy atom. The van der Waals surface area contributed by atoms with Crippen LogP contribution in [0.3, 0.4) is 0 Å². The number of carboxylic acids is 1. The number of carbonyl (C=O) groups is 1. The number of aromatic carboxylic acids is 1. The van der Waals surface area contributed by atoms with Crippen molar-refractivity contribution in [1.82, 2.24) is 4.98 Å². The minimum Gasteiger partial charge on any atom is -0.494 e. The summed E-state index contributed by atoms with van der Waals surface area (Å²) < 4.78 is 19.8. The maximum atomic E-state index is 14.5. The van der Waals surface area contributed by atoms with Crippen LogP contribution in [0.1, 0.15) is 17.3 Å². The van der Waals surface area contributed by atoms with E-state index in [9.17, 15) is 14.3 Å². The summed E-state index contributed by atoms with van der Waals surface area (Å²) >= 11 is 0. The SMILES string of the molecule is CCOc1ccc(-c2ccc(-c3cc(C(=O)O)c4cc(P)ccc4n3)cc2)c(F)c1. The Morgan fingerprint density at radius 3 is 2.43 bits per heavy atom. The summed E-state index contributed by atoms with van der Waals surface area (Å²) in [6.07, 6.45) is 0. The van der Waals surface area contributed by atoms with Crippen LogP contribution in [0, 0.1) is 5.82 Å². The van der Waals surface area contributed by atoms with Gasteiger partial charge in [0.1, 0.15) is 11.6 Å². The number of nitrogens with zero attached hydrogens (tertiary/aromatic N) is 1. The molecule has 30 heavy (non-hydrogen) atoms. The summed E-state index contributed by atoms with van der Waals surface area (Å²) in [5.41, 5.74) is 3.29. The zero-order valence-corrected chi connectivity index (χ0v) is 17.4. The topological polar surface area (TPSA) is 59.4 Å². The second kappa shape index (κ2) is 8.21. The highest BCUT2D eigenvalue weighted by Gasteiger charge is 2.14. The maximum Gasteiger partial charge on any atom is 0.336 e. The van der Waals surface area contributed by atoms with Crippen LogP contribution in [-0.2, 0) is 0 Å². The number of hydrogen-bond acceptors (Lipinski definition) is 3. The quantitative estimate of drug-likeness (QED) is 0.446. The van der Waals surface area contributed by atoms with Crippen LogP contribution in [0.15, 0.2) is 66.7 Å². The fourth-order valence-electron chi connectivity index (χ4n) is 3.38. The predicted molar refractivity (Wildman–Crippen MR) is 120 cm³/mol. The molecule has 1 atom stereocenters. The van der Waals surface area contributed by atoms with Crippen LogP contribution >= 0.6 is 9.24 Å². The van der Waals surface area contributed by atoms with Gasteiger partial charge in [-0.3, -0.25) is 0 Å². The molecule has 0 amide bonds. The second-order valence-corrected chi connectivity index (χ2v) is 7.46. The van der Waals surface area contributed by atoms with Gasteiger partial charge in [-0.2, -0.15) is 0 Å². The Bertz CT molecular complexity index is 1260. The zero-order chi connectivity index (χ0) is 21.3. The van der Waals surface area contributed by atoms with Crippen molar-refractivity contribution < 1.29 is 19.0 Å². The van der Waals surface area contributed by atoms with Crippen molar-refractivity contribution >= 4 is 31.4 Å². The Morgan fingerprint density at radius 2 is 1.77 bits per heavy atom. The number of halogens is 1. The molecule has 4 rings (SSSR count). The van der Waals surface area contributed by atoms with E-state index >= 15 is 0 Å². The summed E-state index contributed by atoms with van der Waals surface area (Å²) in [6, 6.07) is 19.1. The van der Waals surface area contributed by atoms with Gasteiger partial charge in [0.15, 0.2) is 0 Å². The summed E-state index contributed by atoms with van der Waals surface area (Å²) in [4.78, 5) is 16.4. The number of fused-ring (bicyclic) bond motifs is 1. The first-order valence-electron chi connectivity index (χ1n) is 9.43. The van der Waals surface area contributed by atoms with Crippen LogP contribution in [0.5, 0.6) is 5.75 Å². The van der Waals surface area contributed by atoms with E-state index in [-0.39, 0.29) is 11.4 Å². The van der Waals surface area contributed by atoms with Crippen molar-refractivity contribution in [1.29, 1.82) is 0 Å². The molecule has 0 fully saturated rings. The molecule has 4 aromatic rings. The number of rotatable bonds is 5. The molecule has 4 nitrogen and oxygen atoms in total. The van der Waals surface area contributed by atoms with E-state index in [0.717, 1.165) is 10.9 Å². The summed E-state index contributed by atoms with van der Waals surface area (Å²) in [7, 11) is 2.56. The molecule has 150 valence electrons. The lowest BCUT2D eigenvalue weighted by Crippen LogP contribution is -2.02. The molecule has 0 saturated carbocycles. The van der Waals surface area contributed by atoms with E-state index in [1.54, 1.807) is 42.5 Å². The predicted octanol–water partition coefficient (Wildman–Crippen LogP) is 5.31. The lowest BCUT2D eigenvalue weighted by atomic mass is 10.00. The minimum atomic E-state index is -1.01. The Labute approximate surface area is 175 Å². The molecule has 0 bridgehead atoms. The van der Waals surface area contributed by atoms with E-state index in [2.05, 4.69) is 14.2 Å². The third kappa shape index (κ3) is 3.89. The highest BCUT2D eigenvalue weighted by molar-refractivity contribution is 7.27. The van der Waals surface area contributed by atoms with Gasteiger partial charge >= 0.3 is 5.97 Å². The molecular weight excluding hydrogens is 400 g/mol. The van der Waals surface area contributed by atoms with Crippen LogP contribution in [-0.4, -0.2) is 22.7 Å². The van der Waals surface area contributed by atoms with Gasteiger partial charge in [0, 0.05) is 22.6 Å². The number of ether oxygens (including phenoxy) is 1. The molecule has 1 aromatic heterocycles. The Kier molecular flexibility index (Phi) is 5.47. The summed E-state index contributed by atoms with van der Waals surface area (Å²) in [5, 5.41) is 11.1. The van der Waals surface area contributed by atoms with Crippen molar-refractivity contribution in [2.24, 2.45) is 0 Å². The highest BCUT2D eigenvalue weighted by atomic mass is 31.0. The van der Waals surface area contributed by atoms with Gasteiger partial charge < -0.3 is 9.84 Å². The Hall–Kier alpha value is -3.30. The average Bonchev–Trinajstić information content (AvgIpc) is 2.73. The third-order valence-electron chi connectivity index (χ3n) is 4.81. The van der Waals surface area contributed by atoms with Crippen molar-refractivity contribution in [3.63, 3.8) is 0 Å². The molecule has 0 spiro atoms. The normalized spacial score (nSPS) is 10.9. The molecule has 0 aliphatic heterocycles. The molecule has 1 heterocycles. The third-order valence-corrected chi connectivity index (χ3v) is 5.17. The fraction of sp³-hybridized carbons (Fsp3) is 0.0833. The molecule has 0 radical (unpaired) electrons. The van der Waals surface area contributed by atoms with Gasteiger partial charge in [0.2, 0.25) is 0 Å². The first-order chi connectivity index (χ1) is 14.5. The number of benzene rings is 3. The van der Waals surface area contributed by atoms with E-state index in [4.69, 9.17) is 4.74 Å². The molecule has 0 aliphatic rings. The summed E-state index contributed by atoms with van der Waals surface area (Å²) in [5.74, 6) is -0.878. The first-order valence-corrected chi connectivity index (χ1v) is 10.0. The van der Waals surface area contributed by atoms with Crippen LogP contribution < -0.4 is 10.0 Å². The number of carboxylic acid groups (broad SMARTS) is 1. The molecule has 1 N–H and O–H groups in total. The van der Waals surface area contributed by atoms with Crippen molar-refractivity contribution in [2.75, 3.05) is 6.61 Å². The maximum absolute atomic E-state index is 14.5. The van der Waals surface area contributed by atoms with Crippen molar-refractivity contribution in [3.05, 3.63) is 78.1 Å². The van der Waals surface area contributed by atoms with Gasteiger partial charge in [-0.05, 0) is 48.1 Å². The van der Waals surface area contributed by atoms with E-state index < -0.39 is 5.97 Å². The van der Waals surface area contributed by atoms with Crippen molar-refractivity contribution in [2.45, 2.75) is 6.92 Å². The van der Waals surface area contributed by atoms with Gasteiger partial charge in [0.05, 0.1) is 23.4 Å². The number of pyridine rings is 1. The number of aromatic nitrogens is 1. The molecule has 1 unspecified atom stereocenters. The molecular formula is C24H19FNO3P. The lowest BCUT2D eigenvalue weighted by molar-refractivity contribution is 0.0699. The Balaban J connectivity index is 1.73. The van der Waals surface area contributed by atoms with Gasteiger partial charge in [-0.25, -0.2) is 14.2 Å². The largest absolute Gasteiger partial charge is 0.494 e. The van der Waals surface area contributed by atoms with Crippen molar-refractivity contribution in [3.8, 4) is 28.1 Å². The molecule has 0 saturated heterocycles. The molecule has 0 aliphatic carbocycles. The monoisotopic (exact) mass is 419 g/mol. The highest BCUT2D eigenvalue weighted by Crippen LogP contribution is 2.30. The summed E-state index contributed by atoms with van der Waals surface area (Å²) in [6.45, 7) is 2.32. The van der Waals surface area contributed by atoms with Crippen LogP contribution in [0.25, 0.3) is 33.3 Å². The fourth-order valence-corrected chi connectivity index (χ4v) is 3.64. The smallest absolute Gasteiger partial charge is 0.336 e. The van der Waals surface area contributed by atoms with Gasteiger partial charge in [-0.1, -0.05) is 30.3 Å². The second-order valence-electron chi connectivity index (χ2n) is 6.79. The lowest BCUT2D eigenvalue weighted by Gasteiger charge is -2.10. The number of hydrogen-bond donors (Lipinski definition) is 1. The van der Waals surface area contributed by atoms with Crippen LogP contribution in [0.2, 0.25) is 0 Å². The van der Waals surface area contributed by atoms with Crippen LogP contribution in [0.4, 0.5) is 4.39 Å². The zero-order valence-electron chi connectivity index (χ0n) is 16.2. The van der Waals surface area contributed by atoms with Gasteiger partial charge in [-0.15, -0.1) is 9.24 Å². The van der Waals surface area contributed by atoms with E-state index in [1.165, 1.54) is 6.07 Å². The standard InChI is InChI=1S/C24H19FNO3P/c1-2-29-16-7-9-18(21(25)11-16)14-3-5-15(6-4-14)23-13-20(24(27)28)19-12-17(30)8-10-22(19)26-23/h3-13H,2,30H2,1H3,(H,27,28). The average molecular weight is 419 g/mol. The first kappa shape index (κ1) is 20.0. The molecule has 3 aromatic carbocycles.